The molecule has 1 amide bonds. The standard InChI is InChI=1S/C13H17FN2O/c1-9-4-5-10(7-12(9)14)13(17)16-6-2-3-11(16)8-15/h4-5,7,11H,2-3,6,8,15H2,1H3/t11-/m1/s1. The minimum atomic E-state index is -0.334. The van der Waals surface area contributed by atoms with Crippen LogP contribution < -0.4 is 5.73 Å². The third kappa shape index (κ3) is 2.31. The van der Waals surface area contributed by atoms with Crippen LogP contribution in [0.1, 0.15) is 28.8 Å². The van der Waals surface area contributed by atoms with E-state index in [2.05, 4.69) is 0 Å². The third-order valence-corrected chi connectivity index (χ3v) is 3.33. The number of hydrogen-bond donors (Lipinski definition) is 1. The number of rotatable bonds is 2. The molecule has 4 heteroatoms. The number of amides is 1. The van der Waals surface area contributed by atoms with Crippen molar-refractivity contribution in [1.82, 2.24) is 4.90 Å². The van der Waals surface area contributed by atoms with Gasteiger partial charge in [0.25, 0.3) is 5.91 Å². The molecule has 1 fully saturated rings. The second-order valence-electron chi connectivity index (χ2n) is 4.49. The SMILES string of the molecule is Cc1ccc(C(=O)N2CCC[C@@H]2CN)cc1F. The maximum atomic E-state index is 13.4. The molecular formula is C13H17FN2O. The summed E-state index contributed by atoms with van der Waals surface area (Å²) in [5.41, 5.74) is 6.59. The van der Waals surface area contributed by atoms with Crippen molar-refractivity contribution >= 4 is 5.91 Å². The number of nitrogens with zero attached hydrogens (tertiary/aromatic N) is 1. The Morgan fingerprint density at radius 3 is 3.00 bits per heavy atom. The van der Waals surface area contributed by atoms with Crippen LogP contribution in [0.15, 0.2) is 18.2 Å². The van der Waals surface area contributed by atoms with Crippen molar-refractivity contribution in [3.63, 3.8) is 0 Å². The van der Waals surface area contributed by atoms with Gasteiger partial charge in [-0.1, -0.05) is 6.07 Å². The van der Waals surface area contributed by atoms with E-state index in [1.54, 1.807) is 24.0 Å². The molecule has 0 bridgehead atoms. The molecule has 0 saturated carbocycles. The largest absolute Gasteiger partial charge is 0.334 e. The van der Waals surface area contributed by atoms with Gasteiger partial charge >= 0.3 is 0 Å². The van der Waals surface area contributed by atoms with Crippen LogP contribution in [-0.2, 0) is 0 Å². The Morgan fingerprint density at radius 1 is 1.59 bits per heavy atom. The summed E-state index contributed by atoms with van der Waals surface area (Å²) in [4.78, 5) is 13.9. The third-order valence-electron chi connectivity index (χ3n) is 3.33. The summed E-state index contributed by atoms with van der Waals surface area (Å²) in [6.45, 7) is 2.87. The van der Waals surface area contributed by atoms with E-state index in [9.17, 15) is 9.18 Å². The molecule has 1 aromatic rings. The normalized spacial score (nSPS) is 19.7. The van der Waals surface area contributed by atoms with Gasteiger partial charge in [0.05, 0.1) is 0 Å². The highest BCUT2D eigenvalue weighted by molar-refractivity contribution is 5.94. The van der Waals surface area contributed by atoms with Crippen molar-refractivity contribution in [2.75, 3.05) is 13.1 Å². The van der Waals surface area contributed by atoms with Gasteiger partial charge in [-0.3, -0.25) is 4.79 Å². The zero-order valence-corrected chi connectivity index (χ0v) is 9.95. The van der Waals surface area contributed by atoms with Gasteiger partial charge in [-0.15, -0.1) is 0 Å². The van der Waals surface area contributed by atoms with Crippen LogP contribution in [0, 0.1) is 12.7 Å². The summed E-state index contributed by atoms with van der Waals surface area (Å²) in [5.74, 6) is -0.448. The maximum absolute atomic E-state index is 13.4. The van der Waals surface area contributed by atoms with E-state index in [1.165, 1.54) is 6.07 Å². The number of nitrogens with two attached hydrogens (primary N) is 1. The number of halogens is 1. The van der Waals surface area contributed by atoms with Gasteiger partial charge in [0, 0.05) is 24.7 Å². The predicted octanol–water partition coefficient (Wildman–Crippen LogP) is 1.70. The zero-order chi connectivity index (χ0) is 12.4. The van der Waals surface area contributed by atoms with Crippen LogP contribution in [0.3, 0.4) is 0 Å². The molecule has 1 aliphatic rings. The number of carbonyl (C=O) groups excluding carboxylic acids is 1. The lowest BCUT2D eigenvalue weighted by Gasteiger charge is -2.23. The summed E-state index contributed by atoms with van der Waals surface area (Å²) in [5, 5.41) is 0. The summed E-state index contributed by atoms with van der Waals surface area (Å²) in [7, 11) is 0. The Balaban J connectivity index is 2.21. The van der Waals surface area contributed by atoms with E-state index in [0.717, 1.165) is 19.4 Å². The molecule has 17 heavy (non-hydrogen) atoms. The zero-order valence-electron chi connectivity index (χ0n) is 9.95. The summed E-state index contributed by atoms with van der Waals surface area (Å²) < 4.78 is 13.4. The molecule has 0 spiro atoms. The average Bonchev–Trinajstić information content (AvgIpc) is 2.80. The first-order valence-corrected chi connectivity index (χ1v) is 5.90. The van der Waals surface area contributed by atoms with E-state index in [-0.39, 0.29) is 17.8 Å². The minimum Gasteiger partial charge on any atom is -0.334 e. The van der Waals surface area contributed by atoms with Gasteiger partial charge in [-0.2, -0.15) is 0 Å². The lowest BCUT2D eigenvalue weighted by molar-refractivity contribution is 0.0740. The Kier molecular flexibility index (Phi) is 3.43. The molecule has 1 aromatic carbocycles. The van der Waals surface area contributed by atoms with Gasteiger partial charge in [0.1, 0.15) is 5.82 Å². The molecular weight excluding hydrogens is 219 g/mol. The van der Waals surface area contributed by atoms with Crippen molar-refractivity contribution < 1.29 is 9.18 Å². The van der Waals surface area contributed by atoms with Crippen LogP contribution in [0.2, 0.25) is 0 Å². The van der Waals surface area contributed by atoms with Crippen molar-refractivity contribution in [2.24, 2.45) is 5.73 Å². The van der Waals surface area contributed by atoms with E-state index >= 15 is 0 Å². The van der Waals surface area contributed by atoms with Crippen LogP contribution in [0.5, 0.6) is 0 Å². The summed E-state index contributed by atoms with van der Waals surface area (Å²) in [6, 6.07) is 4.72. The van der Waals surface area contributed by atoms with Crippen LogP contribution in [0.4, 0.5) is 4.39 Å². The van der Waals surface area contributed by atoms with Crippen LogP contribution in [0.25, 0.3) is 0 Å². The first kappa shape index (κ1) is 12.0. The quantitative estimate of drug-likeness (QED) is 0.849. The highest BCUT2D eigenvalue weighted by atomic mass is 19.1. The molecule has 92 valence electrons. The van der Waals surface area contributed by atoms with Crippen molar-refractivity contribution in [2.45, 2.75) is 25.8 Å². The molecule has 0 unspecified atom stereocenters. The summed E-state index contributed by atoms with van der Waals surface area (Å²) >= 11 is 0. The first-order chi connectivity index (χ1) is 8.13. The Bertz CT molecular complexity index is 433. The fraction of sp³-hybridized carbons (Fsp3) is 0.462. The van der Waals surface area contributed by atoms with Crippen LogP contribution >= 0.6 is 0 Å². The Hall–Kier alpha value is -1.42. The lowest BCUT2D eigenvalue weighted by atomic mass is 10.1. The number of likely N-dealkylation sites (tertiary alicyclic amines) is 1. The molecule has 0 aliphatic carbocycles. The van der Waals surface area contributed by atoms with Gasteiger partial charge in [0.15, 0.2) is 0 Å². The number of aryl methyl sites for hydroxylation is 1. The smallest absolute Gasteiger partial charge is 0.254 e. The Labute approximate surface area is 100 Å². The molecule has 1 saturated heterocycles. The van der Waals surface area contributed by atoms with Gasteiger partial charge in [0.2, 0.25) is 0 Å². The molecule has 1 aliphatic heterocycles. The molecule has 3 nitrogen and oxygen atoms in total. The molecule has 1 heterocycles. The number of carbonyl (C=O) groups is 1. The molecule has 2 N–H and O–H groups in total. The number of benzene rings is 1. The van der Waals surface area contributed by atoms with Gasteiger partial charge in [-0.05, 0) is 37.5 Å². The minimum absolute atomic E-state index is 0.104. The second-order valence-corrected chi connectivity index (χ2v) is 4.49. The lowest BCUT2D eigenvalue weighted by Crippen LogP contribution is -2.39. The predicted molar refractivity (Wildman–Crippen MR) is 64.2 cm³/mol. The van der Waals surface area contributed by atoms with Crippen molar-refractivity contribution in [3.05, 3.63) is 35.1 Å². The van der Waals surface area contributed by atoms with Gasteiger partial charge < -0.3 is 10.6 Å². The van der Waals surface area contributed by atoms with E-state index < -0.39 is 0 Å². The molecule has 2 rings (SSSR count). The van der Waals surface area contributed by atoms with Gasteiger partial charge in [-0.25, -0.2) is 4.39 Å². The van der Waals surface area contributed by atoms with E-state index in [1.807, 2.05) is 0 Å². The highest BCUT2D eigenvalue weighted by Gasteiger charge is 2.28. The monoisotopic (exact) mass is 236 g/mol. The highest BCUT2D eigenvalue weighted by Crippen LogP contribution is 2.20. The second kappa shape index (κ2) is 4.84. The average molecular weight is 236 g/mol. The Morgan fingerprint density at radius 2 is 2.35 bits per heavy atom. The van der Waals surface area contributed by atoms with Crippen molar-refractivity contribution in [3.8, 4) is 0 Å². The van der Waals surface area contributed by atoms with Crippen molar-refractivity contribution in [1.29, 1.82) is 0 Å². The van der Waals surface area contributed by atoms with E-state index in [4.69, 9.17) is 5.73 Å². The molecule has 0 radical (unpaired) electrons. The fourth-order valence-corrected chi connectivity index (χ4v) is 2.24. The molecule has 1 atom stereocenters. The topological polar surface area (TPSA) is 46.3 Å². The first-order valence-electron chi connectivity index (χ1n) is 5.90. The summed E-state index contributed by atoms with van der Waals surface area (Å²) in [6.07, 6.45) is 1.92. The van der Waals surface area contributed by atoms with Crippen LogP contribution in [-0.4, -0.2) is 29.9 Å². The maximum Gasteiger partial charge on any atom is 0.254 e. The fourth-order valence-electron chi connectivity index (χ4n) is 2.24. The number of hydrogen-bond acceptors (Lipinski definition) is 2. The molecule has 0 aromatic heterocycles. The van der Waals surface area contributed by atoms with E-state index in [0.29, 0.717) is 17.7 Å².